The van der Waals surface area contributed by atoms with Crippen molar-refractivity contribution >= 4 is 17.0 Å². The first-order chi connectivity index (χ1) is 18.7. The molecule has 3 heterocycles. The number of nitrogens with zero attached hydrogens (tertiary/aromatic N) is 6. The first-order valence-electron chi connectivity index (χ1n) is 14.0. The van der Waals surface area contributed by atoms with Crippen LogP contribution in [0, 0.1) is 0 Å². The van der Waals surface area contributed by atoms with Crippen LogP contribution < -0.4 is 5.32 Å². The first kappa shape index (κ1) is 27.8. The Balaban J connectivity index is 1.36. The lowest BCUT2D eigenvalue weighted by molar-refractivity contribution is -0.131. The normalized spacial score (nSPS) is 21.6. The van der Waals surface area contributed by atoms with E-state index in [-0.39, 0.29) is 24.6 Å². The molecule has 1 saturated carbocycles. The van der Waals surface area contributed by atoms with Crippen molar-refractivity contribution in [3.63, 3.8) is 0 Å². The molecule has 2 fully saturated rings. The molecule has 0 spiro atoms. The van der Waals surface area contributed by atoms with Gasteiger partial charge < -0.3 is 10.4 Å². The number of aliphatic hydroxyl groups excluding tert-OH is 1. The quantitative estimate of drug-likeness (QED) is 0.418. The molecule has 5 rings (SSSR count). The van der Waals surface area contributed by atoms with E-state index in [9.17, 15) is 18.3 Å². The second-order valence-corrected chi connectivity index (χ2v) is 11.1. The summed E-state index contributed by atoms with van der Waals surface area (Å²) in [5, 5.41) is 18.4. The number of anilines is 1. The van der Waals surface area contributed by atoms with E-state index in [4.69, 9.17) is 5.10 Å². The Labute approximate surface area is 227 Å². The summed E-state index contributed by atoms with van der Waals surface area (Å²) in [6.45, 7) is 9.39. The summed E-state index contributed by atoms with van der Waals surface area (Å²) in [6.07, 6.45) is -0.966. The number of halogens is 3. The molecule has 1 aliphatic heterocycles. The van der Waals surface area contributed by atoms with Gasteiger partial charge in [0.1, 0.15) is 5.69 Å². The van der Waals surface area contributed by atoms with Gasteiger partial charge in [-0.05, 0) is 45.1 Å². The van der Waals surface area contributed by atoms with Crippen molar-refractivity contribution in [3.8, 4) is 11.3 Å². The molecule has 2 aliphatic rings. The van der Waals surface area contributed by atoms with Crippen LogP contribution in [0.25, 0.3) is 22.3 Å². The average Bonchev–Trinajstić information content (AvgIpc) is 3.28. The highest BCUT2D eigenvalue weighted by molar-refractivity contribution is 5.91. The topological polar surface area (TPSA) is 82.3 Å². The van der Waals surface area contributed by atoms with E-state index in [0.717, 1.165) is 62.2 Å². The van der Waals surface area contributed by atoms with Crippen molar-refractivity contribution in [2.45, 2.75) is 76.9 Å². The van der Waals surface area contributed by atoms with E-state index in [1.54, 1.807) is 6.20 Å². The maximum absolute atomic E-state index is 12.6. The van der Waals surface area contributed by atoms with Gasteiger partial charge in [-0.25, -0.2) is 9.67 Å². The molecule has 2 N–H and O–H groups in total. The Morgan fingerprint density at radius 2 is 1.72 bits per heavy atom. The SMILES string of the molecule is CC(C)N1CCN(Cc2ccc(-c3nn(C4CCC(O)CC4)c4nc(NCCC(F)(F)F)ncc34)cc2)CC1. The number of fused-ring (bicyclic) bond motifs is 1. The highest BCUT2D eigenvalue weighted by Gasteiger charge is 2.28. The van der Waals surface area contributed by atoms with Gasteiger partial charge in [-0.15, -0.1) is 0 Å². The second-order valence-electron chi connectivity index (χ2n) is 11.1. The number of hydrogen-bond donors (Lipinski definition) is 2. The van der Waals surface area contributed by atoms with Crippen LogP contribution in [0.1, 0.15) is 57.6 Å². The van der Waals surface area contributed by atoms with Crippen molar-refractivity contribution in [1.29, 1.82) is 0 Å². The van der Waals surface area contributed by atoms with Gasteiger partial charge in [-0.2, -0.15) is 23.3 Å². The summed E-state index contributed by atoms with van der Waals surface area (Å²) in [4.78, 5) is 13.9. The fourth-order valence-electron chi connectivity index (χ4n) is 5.56. The summed E-state index contributed by atoms with van der Waals surface area (Å²) >= 11 is 0. The lowest BCUT2D eigenvalue weighted by Crippen LogP contribution is -2.48. The van der Waals surface area contributed by atoms with E-state index in [2.05, 4.69) is 63.2 Å². The molecule has 0 unspecified atom stereocenters. The first-order valence-corrected chi connectivity index (χ1v) is 14.0. The van der Waals surface area contributed by atoms with Crippen LogP contribution in [0.3, 0.4) is 0 Å². The van der Waals surface area contributed by atoms with Gasteiger partial charge in [0, 0.05) is 57.1 Å². The highest BCUT2D eigenvalue weighted by Crippen LogP contribution is 2.34. The third kappa shape index (κ3) is 6.88. The van der Waals surface area contributed by atoms with Crippen LogP contribution in [-0.4, -0.2) is 85.7 Å². The van der Waals surface area contributed by atoms with Gasteiger partial charge >= 0.3 is 6.18 Å². The van der Waals surface area contributed by atoms with E-state index in [0.29, 0.717) is 24.5 Å². The van der Waals surface area contributed by atoms with Crippen molar-refractivity contribution in [2.24, 2.45) is 0 Å². The molecule has 39 heavy (non-hydrogen) atoms. The molecule has 3 aromatic rings. The van der Waals surface area contributed by atoms with Gasteiger partial charge in [0.25, 0.3) is 0 Å². The lowest BCUT2D eigenvalue weighted by Gasteiger charge is -2.36. The molecular weight excluding hydrogens is 507 g/mol. The molecule has 0 bridgehead atoms. The van der Waals surface area contributed by atoms with Crippen molar-refractivity contribution < 1.29 is 18.3 Å². The summed E-state index contributed by atoms with van der Waals surface area (Å²) < 4.78 is 39.8. The Bertz CT molecular complexity index is 1230. The minimum atomic E-state index is -4.25. The minimum Gasteiger partial charge on any atom is -0.393 e. The maximum Gasteiger partial charge on any atom is 0.390 e. The standard InChI is InChI=1S/C28H38F3N7O/c1-19(2)37-15-13-36(14-16-37)18-20-3-5-21(6-4-20)25-24-17-33-27(32-12-11-28(29,30)31)34-26(24)38(35-25)22-7-9-23(39)10-8-22/h3-6,17,19,22-23,39H,7-16,18H2,1-2H3,(H,32,33,34). The third-order valence-corrected chi connectivity index (χ3v) is 7.92. The molecule has 1 aromatic carbocycles. The van der Waals surface area contributed by atoms with Gasteiger partial charge in [0.15, 0.2) is 5.65 Å². The van der Waals surface area contributed by atoms with E-state index >= 15 is 0 Å². The van der Waals surface area contributed by atoms with Crippen LogP contribution in [0.15, 0.2) is 30.5 Å². The zero-order valence-electron chi connectivity index (χ0n) is 22.7. The molecule has 2 aromatic heterocycles. The zero-order chi connectivity index (χ0) is 27.6. The molecule has 0 radical (unpaired) electrons. The number of nitrogens with one attached hydrogen (secondary N) is 1. The van der Waals surface area contributed by atoms with Crippen LogP contribution in [0.4, 0.5) is 19.1 Å². The van der Waals surface area contributed by atoms with Crippen molar-refractivity contribution in [3.05, 3.63) is 36.0 Å². The molecule has 11 heteroatoms. The number of rotatable bonds is 8. The lowest BCUT2D eigenvalue weighted by atomic mass is 9.93. The predicted octanol–water partition coefficient (Wildman–Crippen LogP) is 4.86. The van der Waals surface area contributed by atoms with Crippen molar-refractivity contribution in [1.82, 2.24) is 29.5 Å². The van der Waals surface area contributed by atoms with Crippen LogP contribution in [-0.2, 0) is 6.54 Å². The van der Waals surface area contributed by atoms with Crippen LogP contribution in [0.2, 0.25) is 0 Å². The molecule has 212 valence electrons. The molecule has 8 nitrogen and oxygen atoms in total. The summed E-state index contributed by atoms with van der Waals surface area (Å²) in [6, 6.07) is 9.07. The Morgan fingerprint density at radius 1 is 1.03 bits per heavy atom. The number of hydrogen-bond acceptors (Lipinski definition) is 7. The molecular formula is C28H38F3N7O. The summed E-state index contributed by atoms with van der Waals surface area (Å²) in [5.41, 5.74) is 3.55. The smallest absolute Gasteiger partial charge is 0.390 e. The van der Waals surface area contributed by atoms with E-state index in [1.807, 2.05) is 4.68 Å². The van der Waals surface area contributed by atoms with Gasteiger partial charge in [-0.3, -0.25) is 9.80 Å². The number of piperazine rings is 1. The van der Waals surface area contributed by atoms with Gasteiger partial charge in [0.05, 0.1) is 24.0 Å². The number of alkyl halides is 3. The number of aliphatic hydroxyl groups is 1. The molecule has 1 aliphatic carbocycles. The number of aromatic nitrogens is 4. The fraction of sp³-hybridized carbons (Fsp3) is 0.607. The van der Waals surface area contributed by atoms with Crippen LogP contribution in [0.5, 0.6) is 0 Å². The summed E-state index contributed by atoms with van der Waals surface area (Å²) in [7, 11) is 0. The molecule has 0 atom stereocenters. The largest absolute Gasteiger partial charge is 0.393 e. The van der Waals surface area contributed by atoms with Crippen molar-refractivity contribution in [2.75, 3.05) is 38.0 Å². The summed E-state index contributed by atoms with van der Waals surface area (Å²) in [5.74, 6) is 0.156. The Morgan fingerprint density at radius 3 is 2.36 bits per heavy atom. The van der Waals surface area contributed by atoms with E-state index < -0.39 is 12.6 Å². The monoisotopic (exact) mass is 545 g/mol. The maximum atomic E-state index is 12.6. The third-order valence-electron chi connectivity index (χ3n) is 7.92. The molecule has 0 amide bonds. The average molecular weight is 546 g/mol. The predicted molar refractivity (Wildman–Crippen MR) is 145 cm³/mol. The fourth-order valence-corrected chi connectivity index (χ4v) is 5.56. The number of benzene rings is 1. The van der Waals surface area contributed by atoms with Gasteiger partial charge in [-0.1, -0.05) is 24.3 Å². The minimum absolute atomic E-state index is 0.0614. The Kier molecular flexibility index (Phi) is 8.39. The Hall–Kier alpha value is -2.76. The highest BCUT2D eigenvalue weighted by atomic mass is 19.4. The molecule has 1 saturated heterocycles. The second kappa shape index (κ2) is 11.8. The van der Waals surface area contributed by atoms with E-state index in [1.165, 1.54) is 5.56 Å². The zero-order valence-corrected chi connectivity index (χ0v) is 22.7. The van der Waals surface area contributed by atoms with Gasteiger partial charge in [0.2, 0.25) is 5.95 Å². The van der Waals surface area contributed by atoms with Crippen LogP contribution >= 0.6 is 0 Å².